The van der Waals surface area contributed by atoms with E-state index < -0.39 is 0 Å². The third-order valence-electron chi connectivity index (χ3n) is 3.97. The summed E-state index contributed by atoms with van der Waals surface area (Å²) in [5, 5.41) is 2.77. The van der Waals surface area contributed by atoms with Gasteiger partial charge in [0.25, 0.3) is 5.91 Å². The van der Waals surface area contributed by atoms with Crippen LogP contribution in [0.3, 0.4) is 0 Å². The van der Waals surface area contributed by atoms with E-state index in [1.54, 1.807) is 17.0 Å². The quantitative estimate of drug-likeness (QED) is 0.900. The fourth-order valence-electron chi connectivity index (χ4n) is 3.05. The van der Waals surface area contributed by atoms with Crippen LogP contribution < -0.4 is 10.2 Å². The van der Waals surface area contributed by atoms with E-state index in [-0.39, 0.29) is 24.1 Å². The Kier molecular flexibility index (Phi) is 4.02. The minimum absolute atomic E-state index is 0.0107. The third-order valence-corrected chi connectivity index (χ3v) is 3.97. The zero-order valence-electron chi connectivity index (χ0n) is 12.9. The molecule has 0 unspecified atom stereocenters. The Morgan fingerprint density at radius 2 is 2.00 bits per heavy atom. The van der Waals surface area contributed by atoms with E-state index in [0.29, 0.717) is 31.7 Å². The number of ether oxygens (including phenoxy) is 1. The molecule has 2 aliphatic rings. The summed E-state index contributed by atoms with van der Waals surface area (Å²) >= 11 is 0. The topological polar surface area (TPSA) is 61.9 Å². The number of nitrogens with one attached hydrogen (secondary N) is 1. The molecule has 118 valence electrons. The summed E-state index contributed by atoms with van der Waals surface area (Å²) in [7, 11) is 0. The fourth-order valence-corrected chi connectivity index (χ4v) is 3.05. The highest BCUT2D eigenvalue weighted by Crippen LogP contribution is 2.20. The van der Waals surface area contributed by atoms with E-state index in [4.69, 9.17) is 4.74 Å². The second-order valence-electron chi connectivity index (χ2n) is 5.90. The van der Waals surface area contributed by atoms with Crippen LogP contribution in [-0.2, 0) is 4.74 Å². The second-order valence-corrected chi connectivity index (χ2v) is 5.90. The molecule has 3 rings (SSSR count). The van der Waals surface area contributed by atoms with Crippen LogP contribution >= 0.6 is 0 Å². The Bertz CT molecular complexity index is 580. The van der Waals surface area contributed by atoms with E-state index in [9.17, 15) is 9.59 Å². The molecule has 1 aromatic carbocycles. The molecule has 2 heterocycles. The van der Waals surface area contributed by atoms with Gasteiger partial charge in [-0.2, -0.15) is 0 Å². The first-order valence-electron chi connectivity index (χ1n) is 7.65. The molecular weight excluding hydrogens is 282 g/mol. The first-order valence-corrected chi connectivity index (χ1v) is 7.65. The summed E-state index contributed by atoms with van der Waals surface area (Å²) in [5.41, 5.74) is 1.37. The summed E-state index contributed by atoms with van der Waals surface area (Å²) < 4.78 is 5.67. The number of amides is 3. The summed E-state index contributed by atoms with van der Waals surface area (Å²) in [4.78, 5) is 27.9. The molecule has 2 atom stereocenters. The molecule has 2 aliphatic heterocycles. The van der Waals surface area contributed by atoms with Gasteiger partial charge < -0.3 is 15.0 Å². The summed E-state index contributed by atoms with van der Waals surface area (Å²) in [6.45, 7) is 6.40. The zero-order chi connectivity index (χ0) is 15.7. The number of carbonyl (C=O) groups is 2. The van der Waals surface area contributed by atoms with Crippen LogP contribution in [0.15, 0.2) is 24.3 Å². The van der Waals surface area contributed by atoms with Crippen molar-refractivity contribution >= 4 is 17.6 Å². The predicted molar refractivity (Wildman–Crippen MR) is 83.1 cm³/mol. The van der Waals surface area contributed by atoms with Crippen molar-refractivity contribution < 1.29 is 14.3 Å². The molecule has 3 amide bonds. The number of hydrogen-bond donors (Lipinski definition) is 1. The standard InChI is InChI=1S/C16H21N3O3/c1-11-9-18(10-12(2)22-11)15(20)13-4-3-5-14(8-13)19-7-6-17-16(19)21/h3-5,8,11-12H,6-7,9-10H2,1-2H3,(H,17,21)/t11-,12-/m1/s1. The van der Waals surface area contributed by atoms with Crippen LogP contribution in [0.2, 0.25) is 0 Å². The molecule has 1 aromatic rings. The Morgan fingerprint density at radius 3 is 2.64 bits per heavy atom. The van der Waals surface area contributed by atoms with Gasteiger partial charge >= 0.3 is 6.03 Å². The lowest BCUT2D eigenvalue weighted by Gasteiger charge is -2.35. The number of rotatable bonds is 2. The van der Waals surface area contributed by atoms with Crippen LogP contribution in [0.1, 0.15) is 24.2 Å². The van der Waals surface area contributed by atoms with Gasteiger partial charge in [-0.15, -0.1) is 0 Å². The van der Waals surface area contributed by atoms with Crippen LogP contribution in [0.4, 0.5) is 10.5 Å². The van der Waals surface area contributed by atoms with Crippen molar-refractivity contribution in [1.29, 1.82) is 0 Å². The molecule has 0 bridgehead atoms. The maximum atomic E-state index is 12.7. The maximum Gasteiger partial charge on any atom is 0.321 e. The number of morpholine rings is 1. The first-order chi connectivity index (χ1) is 10.5. The third kappa shape index (κ3) is 2.92. The second kappa shape index (κ2) is 5.96. The molecular formula is C16H21N3O3. The van der Waals surface area contributed by atoms with E-state index in [0.717, 1.165) is 5.69 Å². The van der Waals surface area contributed by atoms with Crippen LogP contribution in [0, 0.1) is 0 Å². The molecule has 6 nitrogen and oxygen atoms in total. The molecule has 0 radical (unpaired) electrons. The van der Waals surface area contributed by atoms with Gasteiger partial charge in [-0.3, -0.25) is 9.69 Å². The van der Waals surface area contributed by atoms with E-state index in [2.05, 4.69) is 5.32 Å². The van der Waals surface area contributed by atoms with E-state index in [1.165, 1.54) is 0 Å². The van der Waals surface area contributed by atoms with Gasteiger partial charge in [-0.1, -0.05) is 6.07 Å². The average Bonchev–Trinajstić information content (AvgIpc) is 2.92. The lowest BCUT2D eigenvalue weighted by Crippen LogP contribution is -2.48. The molecule has 1 N–H and O–H groups in total. The highest BCUT2D eigenvalue weighted by atomic mass is 16.5. The number of hydrogen-bond acceptors (Lipinski definition) is 3. The molecule has 0 aromatic heterocycles. The normalized spacial score (nSPS) is 25.3. The smallest absolute Gasteiger partial charge is 0.321 e. The van der Waals surface area contributed by atoms with Crippen molar-refractivity contribution in [1.82, 2.24) is 10.2 Å². The summed E-state index contributed by atoms with van der Waals surface area (Å²) in [6, 6.07) is 7.15. The van der Waals surface area contributed by atoms with Crippen molar-refractivity contribution in [2.24, 2.45) is 0 Å². The number of benzene rings is 1. The number of carbonyl (C=O) groups excluding carboxylic acids is 2. The van der Waals surface area contributed by atoms with Gasteiger partial charge in [-0.25, -0.2) is 4.79 Å². The molecule has 2 fully saturated rings. The maximum absolute atomic E-state index is 12.7. The van der Waals surface area contributed by atoms with Gasteiger partial charge in [0.1, 0.15) is 0 Å². The lowest BCUT2D eigenvalue weighted by molar-refractivity contribution is -0.0586. The zero-order valence-corrected chi connectivity index (χ0v) is 12.9. The predicted octanol–water partition coefficient (Wildman–Crippen LogP) is 1.47. The largest absolute Gasteiger partial charge is 0.372 e. The lowest BCUT2D eigenvalue weighted by atomic mass is 10.1. The Morgan fingerprint density at radius 1 is 1.27 bits per heavy atom. The van der Waals surface area contributed by atoms with Crippen molar-refractivity contribution in [2.45, 2.75) is 26.1 Å². The number of anilines is 1. The van der Waals surface area contributed by atoms with Crippen molar-refractivity contribution in [2.75, 3.05) is 31.1 Å². The van der Waals surface area contributed by atoms with Gasteiger partial charge in [0.2, 0.25) is 0 Å². The molecule has 2 saturated heterocycles. The monoisotopic (exact) mass is 303 g/mol. The van der Waals surface area contributed by atoms with E-state index >= 15 is 0 Å². The molecule has 0 aliphatic carbocycles. The Labute approximate surface area is 130 Å². The fraction of sp³-hybridized carbons (Fsp3) is 0.500. The summed E-state index contributed by atoms with van der Waals surface area (Å²) in [6.07, 6.45) is 0.0838. The van der Waals surface area contributed by atoms with E-state index in [1.807, 2.05) is 30.9 Å². The highest BCUT2D eigenvalue weighted by molar-refractivity contribution is 5.98. The van der Waals surface area contributed by atoms with Crippen molar-refractivity contribution in [3.8, 4) is 0 Å². The van der Waals surface area contributed by atoms with Gasteiger partial charge in [-0.05, 0) is 32.0 Å². The van der Waals surface area contributed by atoms with Crippen molar-refractivity contribution in [3.05, 3.63) is 29.8 Å². The molecule has 6 heteroatoms. The van der Waals surface area contributed by atoms with Crippen LogP contribution in [0.5, 0.6) is 0 Å². The van der Waals surface area contributed by atoms with Crippen molar-refractivity contribution in [3.63, 3.8) is 0 Å². The number of nitrogens with zero attached hydrogens (tertiary/aromatic N) is 2. The van der Waals surface area contributed by atoms with Crippen LogP contribution in [-0.4, -0.2) is 55.2 Å². The minimum atomic E-state index is -0.113. The number of urea groups is 1. The van der Waals surface area contributed by atoms with Gasteiger partial charge in [0, 0.05) is 37.4 Å². The molecule has 22 heavy (non-hydrogen) atoms. The SMILES string of the molecule is C[C@@H]1CN(C(=O)c2cccc(N3CCNC3=O)c2)C[C@@H](C)O1. The minimum Gasteiger partial charge on any atom is -0.372 e. The first kappa shape index (κ1) is 14.8. The molecule has 0 saturated carbocycles. The van der Waals surface area contributed by atoms with Gasteiger partial charge in [0.15, 0.2) is 0 Å². The van der Waals surface area contributed by atoms with Crippen LogP contribution in [0.25, 0.3) is 0 Å². The summed E-state index contributed by atoms with van der Waals surface area (Å²) in [5.74, 6) is -0.0107. The van der Waals surface area contributed by atoms with Gasteiger partial charge in [0.05, 0.1) is 12.2 Å². The Balaban J connectivity index is 1.79. The Hall–Kier alpha value is -2.08. The highest BCUT2D eigenvalue weighted by Gasteiger charge is 2.27. The average molecular weight is 303 g/mol. The molecule has 0 spiro atoms.